The molecule has 0 aliphatic heterocycles. The third kappa shape index (κ3) is 3.92. The standard InChI is InChI=1S/C15H25N5O/c1-11-7-17-19(9-11)10-12(2)16-8-15-13(3)18-20(5-6-21)14(15)4/h7,9,12,16,21H,5-6,8,10H2,1-4H3/t12-/m1/s1. The van der Waals surface area contributed by atoms with Crippen LogP contribution in [0.1, 0.15) is 29.4 Å². The van der Waals surface area contributed by atoms with Gasteiger partial charge in [-0.2, -0.15) is 10.2 Å². The summed E-state index contributed by atoms with van der Waals surface area (Å²) in [6, 6.07) is 0.323. The van der Waals surface area contributed by atoms with Crippen LogP contribution < -0.4 is 5.32 Å². The van der Waals surface area contributed by atoms with E-state index < -0.39 is 0 Å². The van der Waals surface area contributed by atoms with Crippen LogP contribution in [0.4, 0.5) is 0 Å². The number of hydrogen-bond donors (Lipinski definition) is 2. The number of aromatic nitrogens is 4. The molecule has 0 amide bonds. The lowest BCUT2D eigenvalue weighted by Gasteiger charge is -2.14. The summed E-state index contributed by atoms with van der Waals surface area (Å²) in [5, 5.41) is 21.3. The molecule has 0 fully saturated rings. The topological polar surface area (TPSA) is 67.9 Å². The molecule has 0 saturated heterocycles. The summed E-state index contributed by atoms with van der Waals surface area (Å²) >= 11 is 0. The van der Waals surface area contributed by atoms with E-state index in [1.807, 2.05) is 42.5 Å². The molecule has 116 valence electrons. The minimum Gasteiger partial charge on any atom is -0.394 e. The van der Waals surface area contributed by atoms with Gasteiger partial charge in [-0.05, 0) is 33.3 Å². The SMILES string of the molecule is Cc1cnn(C[C@@H](C)NCc2c(C)nn(CCO)c2C)c1. The number of nitrogens with zero attached hydrogens (tertiary/aromatic N) is 4. The molecule has 0 spiro atoms. The fourth-order valence-electron chi connectivity index (χ4n) is 2.49. The Morgan fingerprint density at radius 3 is 2.71 bits per heavy atom. The normalized spacial score (nSPS) is 12.8. The van der Waals surface area contributed by atoms with Crippen LogP contribution in [0, 0.1) is 20.8 Å². The molecule has 0 unspecified atom stereocenters. The fraction of sp³-hybridized carbons (Fsp3) is 0.600. The molecular formula is C15H25N5O. The lowest BCUT2D eigenvalue weighted by molar-refractivity contribution is 0.267. The van der Waals surface area contributed by atoms with E-state index in [2.05, 4.69) is 22.4 Å². The highest BCUT2D eigenvalue weighted by atomic mass is 16.3. The van der Waals surface area contributed by atoms with Crippen LogP contribution in [0.3, 0.4) is 0 Å². The Bertz CT molecular complexity index is 587. The van der Waals surface area contributed by atoms with Gasteiger partial charge in [0.15, 0.2) is 0 Å². The highest BCUT2D eigenvalue weighted by Crippen LogP contribution is 2.13. The van der Waals surface area contributed by atoms with Gasteiger partial charge in [0.25, 0.3) is 0 Å². The number of aliphatic hydroxyl groups excluding tert-OH is 1. The zero-order valence-corrected chi connectivity index (χ0v) is 13.3. The average Bonchev–Trinajstić information content (AvgIpc) is 2.93. The lowest BCUT2D eigenvalue weighted by Crippen LogP contribution is -2.30. The van der Waals surface area contributed by atoms with Gasteiger partial charge in [-0.25, -0.2) is 0 Å². The van der Waals surface area contributed by atoms with Gasteiger partial charge in [0.2, 0.25) is 0 Å². The van der Waals surface area contributed by atoms with Crippen molar-refractivity contribution in [1.82, 2.24) is 24.9 Å². The second-order valence-corrected chi connectivity index (χ2v) is 5.62. The number of aliphatic hydroxyl groups is 1. The molecule has 0 aliphatic rings. The second kappa shape index (κ2) is 6.87. The van der Waals surface area contributed by atoms with Crippen molar-refractivity contribution in [3.8, 4) is 0 Å². The highest BCUT2D eigenvalue weighted by Gasteiger charge is 2.12. The van der Waals surface area contributed by atoms with E-state index in [-0.39, 0.29) is 6.61 Å². The van der Waals surface area contributed by atoms with Gasteiger partial charge in [0.1, 0.15) is 0 Å². The van der Waals surface area contributed by atoms with E-state index in [9.17, 15) is 0 Å². The first-order chi connectivity index (χ1) is 10.0. The first-order valence-corrected chi connectivity index (χ1v) is 7.37. The largest absolute Gasteiger partial charge is 0.394 e. The van der Waals surface area contributed by atoms with Crippen molar-refractivity contribution in [2.24, 2.45) is 0 Å². The quantitative estimate of drug-likeness (QED) is 0.804. The zero-order valence-electron chi connectivity index (χ0n) is 13.3. The van der Waals surface area contributed by atoms with Gasteiger partial charge in [-0.3, -0.25) is 9.36 Å². The van der Waals surface area contributed by atoms with Crippen molar-refractivity contribution in [3.05, 3.63) is 34.9 Å². The van der Waals surface area contributed by atoms with Crippen molar-refractivity contribution in [2.75, 3.05) is 6.61 Å². The Kier molecular flexibility index (Phi) is 5.14. The van der Waals surface area contributed by atoms with Crippen molar-refractivity contribution < 1.29 is 5.11 Å². The maximum atomic E-state index is 9.04. The van der Waals surface area contributed by atoms with Crippen molar-refractivity contribution >= 4 is 0 Å². The number of aryl methyl sites for hydroxylation is 2. The molecule has 0 saturated carbocycles. The Balaban J connectivity index is 1.93. The molecule has 0 radical (unpaired) electrons. The predicted molar refractivity (Wildman–Crippen MR) is 82.1 cm³/mol. The molecule has 0 bridgehead atoms. The maximum absolute atomic E-state index is 9.04. The van der Waals surface area contributed by atoms with Gasteiger partial charge < -0.3 is 10.4 Å². The zero-order chi connectivity index (χ0) is 15.4. The Morgan fingerprint density at radius 1 is 1.33 bits per heavy atom. The smallest absolute Gasteiger partial charge is 0.0644 e. The van der Waals surface area contributed by atoms with Gasteiger partial charge in [-0.1, -0.05) is 0 Å². The average molecular weight is 291 g/mol. The van der Waals surface area contributed by atoms with Gasteiger partial charge in [0, 0.05) is 30.0 Å². The molecule has 1 atom stereocenters. The van der Waals surface area contributed by atoms with Crippen molar-refractivity contribution in [3.63, 3.8) is 0 Å². The van der Waals surface area contributed by atoms with E-state index in [1.165, 1.54) is 11.1 Å². The molecule has 2 N–H and O–H groups in total. The number of rotatable bonds is 7. The molecule has 0 aliphatic carbocycles. The van der Waals surface area contributed by atoms with E-state index >= 15 is 0 Å². The van der Waals surface area contributed by atoms with Crippen LogP contribution in [0.5, 0.6) is 0 Å². The molecular weight excluding hydrogens is 266 g/mol. The molecule has 21 heavy (non-hydrogen) atoms. The Morgan fingerprint density at radius 2 is 2.10 bits per heavy atom. The summed E-state index contributed by atoms with van der Waals surface area (Å²) < 4.78 is 3.83. The van der Waals surface area contributed by atoms with Crippen LogP contribution in [-0.2, 0) is 19.6 Å². The van der Waals surface area contributed by atoms with Crippen LogP contribution in [0.25, 0.3) is 0 Å². The lowest BCUT2D eigenvalue weighted by atomic mass is 10.2. The molecule has 2 heterocycles. The summed E-state index contributed by atoms with van der Waals surface area (Å²) in [5.41, 5.74) is 4.54. The first-order valence-electron chi connectivity index (χ1n) is 7.37. The summed E-state index contributed by atoms with van der Waals surface area (Å²) in [4.78, 5) is 0. The fourth-order valence-corrected chi connectivity index (χ4v) is 2.49. The second-order valence-electron chi connectivity index (χ2n) is 5.62. The highest BCUT2D eigenvalue weighted by molar-refractivity contribution is 5.24. The summed E-state index contributed by atoms with van der Waals surface area (Å²) in [6.45, 7) is 10.6. The Labute approximate surface area is 125 Å². The molecule has 2 aromatic heterocycles. The third-order valence-corrected chi connectivity index (χ3v) is 3.69. The number of nitrogens with one attached hydrogen (secondary N) is 1. The van der Waals surface area contributed by atoms with Crippen molar-refractivity contribution in [1.29, 1.82) is 0 Å². The monoisotopic (exact) mass is 291 g/mol. The van der Waals surface area contributed by atoms with E-state index in [4.69, 9.17) is 5.11 Å². The van der Waals surface area contributed by atoms with Gasteiger partial charge >= 0.3 is 0 Å². The minimum atomic E-state index is 0.115. The van der Waals surface area contributed by atoms with E-state index in [0.717, 1.165) is 24.5 Å². The van der Waals surface area contributed by atoms with Crippen LogP contribution >= 0.6 is 0 Å². The van der Waals surface area contributed by atoms with Crippen LogP contribution in [0.2, 0.25) is 0 Å². The molecule has 0 aromatic carbocycles. The third-order valence-electron chi connectivity index (χ3n) is 3.69. The van der Waals surface area contributed by atoms with E-state index in [0.29, 0.717) is 12.6 Å². The van der Waals surface area contributed by atoms with E-state index in [1.54, 1.807) is 0 Å². The molecule has 2 rings (SSSR count). The van der Waals surface area contributed by atoms with Crippen LogP contribution in [0.15, 0.2) is 12.4 Å². The first kappa shape index (κ1) is 15.7. The van der Waals surface area contributed by atoms with Gasteiger partial charge in [0.05, 0.1) is 31.6 Å². The molecule has 2 aromatic rings. The summed E-state index contributed by atoms with van der Waals surface area (Å²) in [6.07, 6.45) is 3.92. The summed E-state index contributed by atoms with van der Waals surface area (Å²) in [5.74, 6) is 0. The van der Waals surface area contributed by atoms with Crippen LogP contribution in [-0.4, -0.2) is 37.3 Å². The predicted octanol–water partition coefficient (Wildman–Crippen LogP) is 1.18. The van der Waals surface area contributed by atoms with Gasteiger partial charge in [-0.15, -0.1) is 0 Å². The Hall–Kier alpha value is -1.66. The molecule has 6 nitrogen and oxygen atoms in total. The maximum Gasteiger partial charge on any atom is 0.0644 e. The number of hydrogen-bond acceptors (Lipinski definition) is 4. The minimum absolute atomic E-state index is 0.115. The molecule has 6 heteroatoms. The summed E-state index contributed by atoms with van der Waals surface area (Å²) in [7, 11) is 0. The van der Waals surface area contributed by atoms with Crippen molar-refractivity contribution in [2.45, 2.75) is 53.4 Å².